The van der Waals surface area contributed by atoms with Crippen molar-refractivity contribution in [2.45, 2.75) is 26.9 Å². The molecule has 2 aromatic carbocycles. The second-order valence-electron chi connectivity index (χ2n) is 6.80. The average molecular weight is 409 g/mol. The Morgan fingerprint density at radius 3 is 2.37 bits per heavy atom. The number of nitrogens with one attached hydrogen (secondary N) is 1. The summed E-state index contributed by atoms with van der Waals surface area (Å²) >= 11 is 0. The Balaban J connectivity index is 1.63. The number of furan rings is 1. The maximum atomic E-state index is 13.6. The lowest BCUT2D eigenvalue weighted by molar-refractivity contribution is -0.123. The zero-order valence-electron chi connectivity index (χ0n) is 16.7. The summed E-state index contributed by atoms with van der Waals surface area (Å²) in [6.07, 6.45) is -1.12. The Morgan fingerprint density at radius 1 is 1.03 bits per heavy atom. The number of Topliss-reactive ketones (excluding diaryl/α,β-unsaturated/α-hetero) is 1. The molecule has 0 bridgehead atoms. The molecule has 1 N–H and O–H groups in total. The molecule has 30 heavy (non-hydrogen) atoms. The third-order valence-corrected chi connectivity index (χ3v) is 4.48. The Bertz CT molecular complexity index is 1100. The van der Waals surface area contributed by atoms with E-state index in [-0.39, 0.29) is 17.2 Å². The van der Waals surface area contributed by atoms with Crippen molar-refractivity contribution in [1.82, 2.24) is 0 Å². The molecule has 0 aliphatic heterocycles. The molecule has 0 saturated carbocycles. The largest absolute Gasteiger partial charge is 0.449 e. The van der Waals surface area contributed by atoms with Gasteiger partial charge >= 0.3 is 5.97 Å². The molecule has 6 nitrogen and oxygen atoms in total. The fraction of sp³-hybridized carbons (Fsp3) is 0.174. The zero-order valence-corrected chi connectivity index (χ0v) is 16.7. The van der Waals surface area contributed by atoms with E-state index in [4.69, 9.17) is 9.15 Å². The molecule has 7 heteroatoms. The van der Waals surface area contributed by atoms with Crippen LogP contribution in [-0.4, -0.2) is 23.8 Å². The highest BCUT2D eigenvalue weighted by molar-refractivity contribution is 5.97. The van der Waals surface area contributed by atoms with Crippen molar-refractivity contribution in [2.75, 3.05) is 5.32 Å². The number of hydrogen-bond acceptors (Lipinski definition) is 5. The van der Waals surface area contributed by atoms with Crippen LogP contribution in [0.4, 0.5) is 10.1 Å². The highest BCUT2D eigenvalue weighted by atomic mass is 19.1. The van der Waals surface area contributed by atoms with Gasteiger partial charge in [0.15, 0.2) is 11.9 Å². The van der Waals surface area contributed by atoms with Crippen molar-refractivity contribution in [3.05, 3.63) is 77.3 Å². The van der Waals surface area contributed by atoms with Gasteiger partial charge in [-0.3, -0.25) is 9.59 Å². The van der Waals surface area contributed by atoms with E-state index in [2.05, 4.69) is 5.32 Å². The molecule has 0 radical (unpaired) electrons. The molecule has 3 aromatic rings. The number of esters is 1. The molecule has 0 aliphatic carbocycles. The van der Waals surface area contributed by atoms with Crippen LogP contribution in [0, 0.1) is 12.7 Å². The lowest BCUT2D eigenvalue weighted by Gasteiger charge is -2.13. The molecule has 154 valence electrons. The average Bonchev–Trinajstić information content (AvgIpc) is 3.21. The molecular weight excluding hydrogens is 389 g/mol. The lowest BCUT2D eigenvalue weighted by Crippen LogP contribution is -2.29. The van der Waals surface area contributed by atoms with Gasteiger partial charge in [-0.05, 0) is 50.6 Å². The first kappa shape index (κ1) is 21.0. The second kappa shape index (κ2) is 8.73. The summed E-state index contributed by atoms with van der Waals surface area (Å²) in [4.78, 5) is 35.9. The number of ether oxygens (including phenoxy) is 1. The number of ketones is 1. The summed E-state index contributed by atoms with van der Waals surface area (Å²) in [6.45, 7) is 4.49. The number of carbonyl (C=O) groups excluding carboxylic acids is 3. The minimum atomic E-state index is -1.12. The summed E-state index contributed by atoms with van der Waals surface area (Å²) in [5, 5.41) is 2.50. The third-order valence-electron chi connectivity index (χ3n) is 4.48. The predicted molar refractivity (Wildman–Crippen MR) is 109 cm³/mol. The van der Waals surface area contributed by atoms with Crippen molar-refractivity contribution in [2.24, 2.45) is 0 Å². The van der Waals surface area contributed by atoms with Crippen molar-refractivity contribution < 1.29 is 27.9 Å². The molecule has 0 spiro atoms. The van der Waals surface area contributed by atoms with Crippen molar-refractivity contribution >= 4 is 23.3 Å². The highest BCUT2D eigenvalue weighted by Gasteiger charge is 2.22. The van der Waals surface area contributed by atoms with Crippen LogP contribution in [0.1, 0.15) is 40.3 Å². The smallest absolute Gasteiger partial charge is 0.375 e. The molecule has 0 aliphatic rings. The normalized spacial score (nSPS) is 11.6. The van der Waals surface area contributed by atoms with E-state index < -0.39 is 23.8 Å². The van der Waals surface area contributed by atoms with Crippen LogP contribution < -0.4 is 5.32 Å². The van der Waals surface area contributed by atoms with E-state index in [1.165, 1.54) is 32.0 Å². The van der Waals surface area contributed by atoms with E-state index >= 15 is 0 Å². The summed E-state index contributed by atoms with van der Waals surface area (Å²) in [5.74, 6) is -1.55. The SMILES string of the molecule is CC(=O)c1ccc(-c2ccc(C(=O)O[C@@H](C)C(=O)Nc3ccc(C)c(F)c3)o2)cc1. The summed E-state index contributed by atoms with van der Waals surface area (Å²) in [7, 11) is 0. The molecule has 0 unspecified atom stereocenters. The number of benzene rings is 2. The Labute approximate surface area is 172 Å². The van der Waals surface area contributed by atoms with Crippen LogP contribution in [0.3, 0.4) is 0 Å². The standard InChI is InChI=1S/C23H20FNO5/c1-13-4-9-18(12-19(13)24)25-22(27)15(3)29-23(28)21-11-10-20(30-21)17-7-5-16(6-8-17)14(2)26/h4-12,15H,1-3H3,(H,25,27)/t15-/m0/s1. The number of amides is 1. The molecule has 3 rings (SSSR count). The molecular formula is C23H20FNO5. The Morgan fingerprint density at radius 2 is 1.73 bits per heavy atom. The number of aryl methyl sites for hydroxylation is 1. The zero-order chi connectivity index (χ0) is 21.8. The highest BCUT2D eigenvalue weighted by Crippen LogP contribution is 2.23. The van der Waals surface area contributed by atoms with Gasteiger partial charge in [0.1, 0.15) is 11.6 Å². The van der Waals surface area contributed by atoms with Crippen LogP contribution in [-0.2, 0) is 9.53 Å². The molecule has 0 saturated heterocycles. The van der Waals surface area contributed by atoms with E-state index in [0.29, 0.717) is 22.5 Å². The van der Waals surface area contributed by atoms with Gasteiger partial charge in [-0.25, -0.2) is 9.18 Å². The fourth-order valence-electron chi connectivity index (χ4n) is 2.66. The predicted octanol–water partition coefficient (Wildman–Crippen LogP) is 4.78. The van der Waals surface area contributed by atoms with Crippen molar-refractivity contribution in [3.8, 4) is 11.3 Å². The van der Waals surface area contributed by atoms with Crippen molar-refractivity contribution in [1.29, 1.82) is 0 Å². The van der Waals surface area contributed by atoms with Gasteiger partial charge in [0, 0.05) is 16.8 Å². The van der Waals surface area contributed by atoms with E-state index in [1.54, 1.807) is 43.3 Å². The minimum Gasteiger partial charge on any atom is -0.449 e. The number of anilines is 1. The first-order valence-electron chi connectivity index (χ1n) is 9.24. The van der Waals surface area contributed by atoms with E-state index in [0.717, 1.165) is 0 Å². The fourth-order valence-corrected chi connectivity index (χ4v) is 2.66. The number of halogens is 1. The van der Waals surface area contributed by atoms with Gasteiger partial charge in [0.25, 0.3) is 5.91 Å². The third kappa shape index (κ3) is 4.81. The van der Waals surface area contributed by atoms with Crippen LogP contribution in [0.5, 0.6) is 0 Å². The van der Waals surface area contributed by atoms with E-state index in [9.17, 15) is 18.8 Å². The maximum absolute atomic E-state index is 13.6. The second-order valence-corrected chi connectivity index (χ2v) is 6.80. The van der Waals surface area contributed by atoms with Gasteiger partial charge < -0.3 is 14.5 Å². The van der Waals surface area contributed by atoms with Gasteiger partial charge in [-0.1, -0.05) is 30.3 Å². The monoisotopic (exact) mass is 409 g/mol. The van der Waals surface area contributed by atoms with Crippen LogP contribution >= 0.6 is 0 Å². The molecule has 1 aromatic heterocycles. The molecule has 0 fully saturated rings. The van der Waals surface area contributed by atoms with Gasteiger partial charge in [-0.2, -0.15) is 0 Å². The number of carbonyl (C=O) groups is 3. The van der Waals surface area contributed by atoms with Crippen molar-refractivity contribution in [3.63, 3.8) is 0 Å². The number of rotatable bonds is 6. The quantitative estimate of drug-likeness (QED) is 0.468. The Hall–Kier alpha value is -3.74. The number of hydrogen-bond donors (Lipinski definition) is 1. The summed E-state index contributed by atoms with van der Waals surface area (Å²) in [6, 6.07) is 14.1. The first-order valence-corrected chi connectivity index (χ1v) is 9.24. The molecule has 1 amide bonds. The van der Waals surface area contributed by atoms with Gasteiger partial charge in [0.2, 0.25) is 5.76 Å². The van der Waals surface area contributed by atoms with Crippen LogP contribution in [0.15, 0.2) is 59.0 Å². The van der Waals surface area contributed by atoms with Crippen LogP contribution in [0.2, 0.25) is 0 Å². The summed E-state index contributed by atoms with van der Waals surface area (Å²) in [5.41, 5.74) is 1.97. The Kier molecular flexibility index (Phi) is 6.11. The maximum Gasteiger partial charge on any atom is 0.375 e. The van der Waals surface area contributed by atoms with Crippen LogP contribution in [0.25, 0.3) is 11.3 Å². The topological polar surface area (TPSA) is 85.6 Å². The molecule has 1 atom stereocenters. The first-order chi connectivity index (χ1) is 14.2. The molecule has 1 heterocycles. The lowest BCUT2D eigenvalue weighted by atomic mass is 10.1. The van der Waals surface area contributed by atoms with Gasteiger partial charge in [0.05, 0.1) is 0 Å². The minimum absolute atomic E-state index is 0.0501. The van der Waals surface area contributed by atoms with Gasteiger partial charge in [-0.15, -0.1) is 0 Å². The van der Waals surface area contributed by atoms with E-state index in [1.807, 2.05) is 0 Å². The summed E-state index contributed by atoms with van der Waals surface area (Å²) < 4.78 is 24.3.